The molecule has 0 spiro atoms. The predicted molar refractivity (Wildman–Crippen MR) is 110 cm³/mol. The van der Waals surface area contributed by atoms with Gasteiger partial charge in [-0.25, -0.2) is 9.79 Å². The molecule has 148 valence electrons. The number of nitrogens with zero attached hydrogens (tertiary/aromatic N) is 3. The van der Waals surface area contributed by atoms with Gasteiger partial charge in [-0.05, 0) is 35.9 Å². The molecule has 2 aromatic rings. The molecule has 0 saturated carbocycles. The Hall–Kier alpha value is -3.79. The van der Waals surface area contributed by atoms with E-state index in [0.717, 1.165) is 11.3 Å². The zero-order chi connectivity index (χ0) is 20.8. The number of anilines is 1. The van der Waals surface area contributed by atoms with E-state index in [4.69, 9.17) is 19.5 Å². The van der Waals surface area contributed by atoms with Gasteiger partial charge in [-0.3, -0.25) is 0 Å². The van der Waals surface area contributed by atoms with E-state index in [0.29, 0.717) is 30.0 Å². The molecule has 7 heteroatoms. The van der Waals surface area contributed by atoms with Crippen molar-refractivity contribution in [3.63, 3.8) is 0 Å². The minimum absolute atomic E-state index is 0.200. The molecule has 0 radical (unpaired) electrons. The van der Waals surface area contributed by atoms with E-state index in [1.165, 1.54) is 0 Å². The molecular weight excluding hydrogens is 370 g/mol. The third-order valence-electron chi connectivity index (χ3n) is 4.42. The maximum absolute atomic E-state index is 12.3. The summed E-state index contributed by atoms with van der Waals surface area (Å²) in [6.45, 7) is 0.654. The highest BCUT2D eigenvalue weighted by Gasteiger charge is 2.25. The van der Waals surface area contributed by atoms with Crippen LogP contribution >= 0.6 is 0 Å². The lowest BCUT2D eigenvalue weighted by molar-refractivity contribution is -0.129. The predicted octanol–water partition coefficient (Wildman–Crippen LogP) is 3.40. The first-order chi connectivity index (χ1) is 14.0. The van der Waals surface area contributed by atoms with Crippen LogP contribution in [0.25, 0.3) is 6.08 Å². The van der Waals surface area contributed by atoms with E-state index < -0.39 is 5.97 Å². The number of ether oxygens (including phenoxy) is 3. The van der Waals surface area contributed by atoms with Crippen LogP contribution in [-0.4, -0.2) is 39.7 Å². The van der Waals surface area contributed by atoms with Gasteiger partial charge in [0.2, 0.25) is 5.90 Å². The van der Waals surface area contributed by atoms with Gasteiger partial charge in [0.15, 0.2) is 5.70 Å². The van der Waals surface area contributed by atoms with Crippen LogP contribution in [0.5, 0.6) is 11.5 Å². The molecule has 0 aliphatic carbocycles. The highest BCUT2D eigenvalue weighted by atomic mass is 16.6. The molecule has 2 aromatic carbocycles. The highest BCUT2D eigenvalue weighted by molar-refractivity contribution is 6.13. The Bertz CT molecular complexity index is 981. The number of hydrogen-bond donors (Lipinski definition) is 0. The second-order valence-electron chi connectivity index (χ2n) is 6.36. The zero-order valence-electron chi connectivity index (χ0n) is 16.5. The molecular formula is C22H21N3O4. The largest absolute Gasteiger partial charge is 0.497 e. The Morgan fingerprint density at radius 1 is 1.14 bits per heavy atom. The van der Waals surface area contributed by atoms with Crippen LogP contribution in [0.1, 0.15) is 17.5 Å². The number of esters is 1. The molecule has 0 N–H and O–H groups in total. The molecule has 7 nitrogen and oxygen atoms in total. The van der Waals surface area contributed by atoms with E-state index in [1.807, 2.05) is 36.2 Å². The van der Waals surface area contributed by atoms with Crippen molar-refractivity contribution < 1.29 is 19.0 Å². The van der Waals surface area contributed by atoms with Crippen molar-refractivity contribution in [1.29, 1.82) is 5.26 Å². The van der Waals surface area contributed by atoms with Crippen LogP contribution < -0.4 is 14.4 Å². The van der Waals surface area contributed by atoms with E-state index >= 15 is 0 Å². The summed E-state index contributed by atoms with van der Waals surface area (Å²) in [4.78, 5) is 18.6. The van der Waals surface area contributed by atoms with Crippen LogP contribution in [0.4, 0.5) is 5.69 Å². The molecule has 1 aliphatic heterocycles. The minimum atomic E-state index is -0.517. The van der Waals surface area contributed by atoms with Crippen LogP contribution in [0, 0.1) is 11.3 Å². The fraction of sp³-hybridized carbons (Fsp3) is 0.227. The Morgan fingerprint density at radius 2 is 1.79 bits per heavy atom. The maximum Gasteiger partial charge on any atom is 0.363 e. The summed E-state index contributed by atoms with van der Waals surface area (Å²) in [6, 6.07) is 15.0. The molecule has 0 amide bonds. The van der Waals surface area contributed by atoms with Crippen LogP contribution in [0.3, 0.4) is 0 Å². The summed E-state index contributed by atoms with van der Waals surface area (Å²) in [5, 5.41) is 8.70. The Kier molecular flexibility index (Phi) is 6.15. The van der Waals surface area contributed by atoms with E-state index in [9.17, 15) is 4.79 Å². The van der Waals surface area contributed by atoms with Crippen molar-refractivity contribution in [3.8, 4) is 17.6 Å². The number of rotatable bonds is 7. The number of carbonyl (C=O) groups excluding carboxylic acids is 1. The van der Waals surface area contributed by atoms with Crippen LogP contribution in [-0.2, 0) is 9.53 Å². The zero-order valence-corrected chi connectivity index (χ0v) is 16.5. The molecule has 0 saturated heterocycles. The summed E-state index contributed by atoms with van der Waals surface area (Å²) in [7, 11) is 5.03. The number of aliphatic imine (C=N–C) groups is 1. The van der Waals surface area contributed by atoms with Gasteiger partial charge in [-0.1, -0.05) is 12.1 Å². The smallest absolute Gasteiger partial charge is 0.363 e. The molecule has 0 fully saturated rings. The first-order valence-corrected chi connectivity index (χ1v) is 8.98. The number of nitriles is 1. The summed E-state index contributed by atoms with van der Waals surface area (Å²) in [5.41, 5.74) is 2.62. The lowest BCUT2D eigenvalue weighted by Crippen LogP contribution is -2.17. The molecule has 29 heavy (non-hydrogen) atoms. The van der Waals surface area contributed by atoms with Gasteiger partial charge in [0.25, 0.3) is 0 Å². The van der Waals surface area contributed by atoms with E-state index in [1.54, 1.807) is 38.5 Å². The molecule has 1 heterocycles. The van der Waals surface area contributed by atoms with Gasteiger partial charge in [-0.2, -0.15) is 5.26 Å². The normalized spacial score (nSPS) is 14.2. The number of hydrogen-bond acceptors (Lipinski definition) is 7. The summed E-state index contributed by atoms with van der Waals surface area (Å²) >= 11 is 0. The van der Waals surface area contributed by atoms with Gasteiger partial charge in [0, 0.05) is 30.9 Å². The maximum atomic E-state index is 12.3. The second kappa shape index (κ2) is 8.93. The average molecular weight is 391 g/mol. The van der Waals surface area contributed by atoms with Crippen molar-refractivity contribution in [2.75, 3.05) is 32.7 Å². The first kappa shape index (κ1) is 20.0. The standard InChI is InChI=1S/C22H21N3O4/c1-25(10-4-9-23)17-7-5-15(6-8-17)11-20-22(26)29-21(24-20)16-12-18(27-2)14-19(13-16)28-3/h5-8,11-14H,4,10H2,1-3H3/b20-11-. The fourth-order valence-electron chi connectivity index (χ4n) is 2.79. The molecule has 0 unspecified atom stereocenters. The van der Waals surface area contributed by atoms with E-state index in [2.05, 4.69) is 11.1 Å². The van der Waals surface area contributed by atoms with Gasteiger partial charge in [0.1, 0.15) is 11.5 Å². The average Bonchev–Trinajstić information content (AvgIpc) is 3.12. The first-order valence-electron chi connectivity index (χ1n) is 8.98. The summed E-state index contributed by atoms with van der Waals surface area (Å²) in [5.74, 6) is 0.835. The fourth-order valence-corrected chi connectivity index (χ4v) is 2.79. The SMILES string of the molecule is COc1cc(OC)cc(C2=N/C(=C\c3ccc(N(C)CCC#N)cc3)C(=O)O2)c1. The second-order valence-corrected chi connectivity index (χ2v) is 6.36. The minimum Gasteiger partial charge on any atom is -0.497 e. The van der Waals surface area contributed by atoms with Gasteiger partial charge >= 0.3 is 5.97 Å². The lowest BCUT2D eigenvalue weighted by Gasteiger charge is -2.17. The van der Waals surface area contributed by atoms with Crippen molar-refractivity contribution in [2.24, 2.45) is 4.99 Å². The molecule has 0 aromatic heterocycles. The molecule has 0 atom stereocenters. The third kappa shape index (κ3) is 4.74. The summed E-state index contributed by atoms with van der Waals surface area (Å²) < 4.78 is 15.8. The van der Waals surface area contributed by atoms with Crippen molar-refractivity contribution in [2.45, 2.75) is 6.42 Å². The third-order valence-corrected chi connectivity index (χ3v) is 4.42. The number of benzene rings is 2. The van der Waals surface area contributed by atoms with Crippen molar-refractivity contribution in [1.82, 2.24) is 0 Å². The van der Waals surface area contributed by atoms with Gasteiger partial charge in [0.05, 0.1) is 26.7 Å². The monoisotopic (exact) mass is 391 g/mol. The molecule has 3 rings (SSSR count). The Labute approximate surface area is 169 Å². The Morgan fingerprint density at radius 3 is 2.38 bits per heavy atom. The van der Waals surface area contributed by atoms with Gasteiger partial charge < -0.3 is 19.1 Å². The Balaban J connectivity index is 1.83. The number of cyclic esters (lactones) is 1. The number of carbonyl (C=O) groups is 1. The van der Waals surface area contributed by atoms with Crippen molar-refractivity contribution >= 4 is 23.6 Å². The molecule has 0 bridgehead atoms. The lowest BCUT2D eigenvalue weighted by atomic mass is 10.1. The van der Waals surface area contributed by atoms with Gasteiger partial charge in [-0.15, -0.1) is 0 Å². The number of methoxy groups -OCH3 is 2. The highest BCUT2D eigenvalue weighted by Crippen LogP contribution is 2.26. The van der Waals surface area contributed by atoms with Crippen LogP contribution in [0.15, 0.2) is 53.2 Å². The quantitative estimate of drug-likeness (QED) is 0.531. The van der Waals surface area contributed by atoms with Crippen molar-refractivity contribution in [3.05, 3.63) is 59.3 Å². The summed E-state index contributed by atoms with van der Waals surface area (Å²) in [6.07, 6.45) is 2.13. The molecule has 1 aliphatic rings. The van der Waals surface area contributed by atoms with Crippen LogP contribution in [0.2, 0.25) is 0 Å². The van der Waals surface area contributed by atoms with E-state index in [-0.39, 0.29) is 11.6 Å². The topological polar surface area (TPSA) is 84.2 Å².